The van der Waals surface area contributed by atoms with E-state index >= 15 is 0 Å². The van der Waals surface area contributed by atoms with Crippen molar-refractivity contribution in [1.29, 1.82) is 0 Å². The molecule has 0 aliphatic heterocycles. The molecule has 0 saturated carbocycles. The van der Waals surface area contributed by atoms with E-state index in [0.717, 1.165) is 34.8 Å². The maximum absolute atomic E-state index is 5.24. The van der Waals surface area contributed by atoms with E-state index in [1.807, 2.05) is 26.8 Å². The average Bonchev–Trinajstić information content (AvgIpc) is 2.84. The third kappa shape index (κ3) is 2.88. The first-order valence-corrected chi connectivity index (χ1v) is 7.57. The van der Waals surface area contributed by atoms with Crippen LogP contribution in [0.5, 0.6) is 0 Å². The van der Waals surface area contributed by atoms with Crippen molar-refractivity contribution in [2.24, 2.45) is 0 Å². The van der Waals surface area contributed by atoms with E-state index in [0.29, 0.717) is 0 Å². The number of hydrogen-bond acceptors (Lipinski definition) is 4. The van der Waals surface area contributed by atoms with Crippen molar-refractivity contribution in [3.8, 4) is 0 Å². The molecule has 3 aromatic rings. The number of aryl methyl sites for hydroxylation is 3. The lowest BCUT2D eigenvalue weighted by molar-refractivity contribution is 0.390. The first-order valence-electron chi connectivity index (χ1n) is 7.57. The van der Waals surface area contributed by atoms with Crippen molar-refractivity contribution in [1.82, 2.24) is 15.5 Å². The van der Waals surface area contributed by atoms with Gasteiger partial charge in [-0.15, -0.1) is 0 Å². The molecule has 22 heavy (non-hydrogen) atoms. The van der Waals surface area contributed by atoms with Crippen LogP contribution in [0.1, 0.15) is 41.2 Å². The number of hydrogen-bond donors (Lipinski definition) is 1. The Labute approximate surface area is 130 Å². The maximum atomic E-state index is 5.24. The molecule has 3 rings (SSSR count). The molecule has 0 fully saturated rings. The van der Waals surface area contributed by atoms with Crippen molar-refractivity contribution in [2.75, 3.05) is 0 Å². The molecule has 1 N–H and O–H groups in total. The third-order valence-corrected chi connectivity index (χ3v) is 4.03. The van der Waals surface area contributed by atoms with Gasteiger partial charge in [0.15, 0.2) is 0 Å². The molecule has 2 heterocycles. The van der Waals surface area contributed by atoms with Crippen molar-refractivity contribution in [2.45, 2.75) is 40.3 Å². The number of rotatable bonds is 4. The molecule has 0 spiro atoms. The van der Waals surface area contributed by atoms with Crippen LogP contribution in [0.2, 0.25) is 0 Å². The van der Waals surface area contributed by atoms with Crippen molar-refractivity contribution >= 4 is 10.9 Å². The van der Waals surface area contributed by atoms with Gasteiger partial charge in [0.2, 0.25) is 0 Å². The van der Waals surface area contributed by atoms with Crippen molar-refractivity contribution in [3.05, 3.63) is 58.6 Å². The van der Waals surface area contributed by atoms with Gasteiger partial charge in [-0.3, -0.25) is 4.98 Å². The Kier molecular flexibility index (Phi) is 3.94. The smallest absolute Gasteiger partial charge is 0.138 e. The van der Waals surface area contributed by atoms with Gasteiger partial charge < -0.3 is 9.84 Å². The summed E-state index contributed by atoms with van der Waals surface area (Å²) in [6.07, 6.45) is 0. The second-order valence-electron chi connectivity index (χ2n) is 5.82. The van der Waals surface area contributed by atoms with Crippen molar-refractivity contribution in [3.63, 3.8) is 0 Å². The van der Waals surface area contributed by atoms with Crippen LogP contribution < -0.4 is 5.32 Å². The molecule has 0 radical (unpaired) electrons. The summed E-state index contributed by atoms with van der Waals surface area (Å²) in [6.45, 7) is 8.89. The predicted molar refractivity (Wildman–Crippen MR) is 87.7 cm³/mol. The Hall–Kier alpha value is -2.20. The summed E-state index contributed by atoms with van der Waals surface area (Å²) in [6, 6.07) is 10.8. The quantitative estimate of drug-likeness (QED) is 0.790. The van der Waals surface area contributed by atoms with Gasteiger partial charge in [-0.25, -0.2) is 0 Å². The summed E-state index contributed by atoms with van der Waals surface area (Å²) in [5.41, 5.74) is 5.44. The second-order valence-corrected chi connectivity index (χ2v) is 5.82. The average molecular weight is 295 g/mol. The molecule has 1 aromatic carbocycles. The van der Waals surface area contributed by atoms with Gasteiger partial charge >= 0.3 is 0 Å². The van der Waals surface area contributed by atoms with Crippen LogP contribution in [-0.2, 0) is 6.54 Å². The molecule has 0 bridgehead atoms. The minimum Gasteiger partial charge on any atom is -0.361 e. The number of benzene rings is 1. The van der Waals surface area contributed by atoms with Crippen LogP contribution in [0, 0.1) is 20.8 Å². The lowest BCUT2D eigenvalue weighted by Gasteiger charge is -2.14. The highest BCUT2D eigenvalue weighted by Gasteiger charge is 2.15. The summed E-state index contributed by atoms with van der Waals surface area (Å²) < 4.78 is 5.24. The lowest BCUT2D eigenvalue weighted by atomic mass is 10.1. The third-order valence-electron chi connectivity index (χ3n) is 4.03. The molecule has 114 valence electrons. The topological polar surface area (TPSA) is 51.0 Å². The molecule has 1 atom stereocenters. The van der Waals surface area contributed by atoms with Crippen LogP contribution in [0.3, 0.4) is 0 Å². The van der Waals surface area contributed by atoms with Gasteiger partial charge in [0.1, 0.15) is 5.76 Å². The molecule has 0 amide bonds. The number of aromatic nitrogens is 2. The van der Waals surface area contributed by atoms with Gasteiger partial charge in [0.05, 0.1) is 11.2 Å². The second kappa shape index (κ2) is 5.89. The molecule has 2 aromatic heterocycles. The van der Waals surface area contributed by atoms with E-state index in [4.69, 9.17) is 4.52 Å². The molecule has 0 saturated heterocycles. The van der Waals surface area contributed by atoms with Crippen LogP contribution in [0.25, 0.3) is 10.9 Å². The summed E-state index contributed by atoms with van der Waals surface area (Å²) in [5, 5.41) is 8.73. The Morgan fingerprint density at radius 1 is 1.14 bits per heavy atom. The zero-order valence-electron chi connectivity index (χ0n) is 13.5. The van der Waals surface area contributed by atoms with Crippen LogP contribution in [-0.4, -0.2) is 10.1 Å². The number of pyridine rings is 1. The number of fused-ring (bicyclic) bond motifs is 1. The Morgan fingerprint density at radius 3 is 2.68 bits per heavy atom. The first-order chi connectivity index (χ1) is 10.5. The molecular formula is C18H21N3O. The highest BCUT2D eigenvalue weighted by atomic mass is 16.5. The van der Waals surface area contributed by atoms with Gasteiger partial charge in [-0.05, 0) is 51.5 Å². The fourth-order valence-electron chi connectivity index (χ4n) is 2.87. The molecular weight excluding hydrogens is 274 g/mol. The van der Waals surface area contributed by atoms with E-state index < -0.39 is 0 Å². The normalized spacial score (nSPS) is 12.7. The van der Waals surface area contributed by atoms with Crippen LogP contribution >= 0.6 is 0 Å². The summed E-state index contributed by atoms with van der Waals surface area (Å²) in [7, 11) is 0. The minimum absolute atomic E-state index is 0.207. The summed E-state index contributed by atoms with van der Waals surface area (Å²) in [5.74, 6) is 0.885. The van der Waals surface area contributed by atoms with Gasteiger partial charge in [0, 0.05) is 29.2 Å². The molecule has 0 unspecified atom stereocenters. The SMILES string of the molecule is Cc1ccc2cc(CN[C@@H](C)c3c(C)noc3C)ccc2n1. The van der Waals surface area contributed by atoms with Gasteiger partial charge in [-0.2, -0.15) is 0 Å². The van der Waals surface area contributed by atoms with Crippen LogP contribution in [0.15, 0.2) is 34.9 Å². The largest absolute Gasteiger partial charge is 0.361 e. The predicted octanol–water partition coefficient (Wildman–Crippen LogP) is 4.00. The van der Waals surface area contributed by atoms with Crippen molar-refractivity contribution < 1.29 is 4.52 Å². The van der Waals surface area contributed by atoms with E-state index in [1.165, 1.54) is 10.9 Å². The van der Waals surface area contributed by atoms with E-state index in [2.05, 4.69) is 46.6 Å². The first kappa shape index (κ1) is 14.7. The highest BCUT2D eigenvalue weighted by molar-refractivity contribution is 5.79. The monoisotopic (exact) mass is 295 g/mol. The summed E-state index contributed by atoms with van der Waals surface area (Å²) >= 11 is 0. The Balaban J connectivity index is 1.75. The van der Waals surface area contributed by atoms with E-state index in [1.54, 1.807) is 0 Å². The van der Waals surface area contributed by atoms with E-state index in [-0.39, 0.29) is 6.04 Å². The lowest BCUT2D eigenvalue weighted by Crippen LogP contribution is -2.19. The Bertz CT molecular complexity index is 788. The molecule has 0 aliphatic rings. The number of nitrogens with zero attached hydrogens (tertiary/aromatic N) is 2. The zero-order valence-corrected chi connectivity index (χ0v) is 13.5. The van der Waals surface area contributed by atoms with E-state index in [9.17, 15) is 0 Å². The molecule has 4 heteroatoms. The number of nitrogens with one attached hydrogen (secondary N) is 1. The Morgan fingerprint density at radius 2 is 1.95 bits per heavy atom. The van der Waals surface area contributed by atoms with Crippen LogP contribution in [0.4, 0.5) is 0 Å². The van der Waals surface area contributed by atoms with Gasteiger partial charge in [-0.1, -0.05) is 17.3 Å². The highest BCUT2D eigenvalue weighted by Crippen LogP contribution is 2.22. The maximum Gasteiger partial charge on any atom is 0.138 e. The van der Waals surface area contributed by atoms with Gasteiger partial charge in [0.25, 0.3) is 0 Å². The molecule has 4 nitrogen and oxygen atoms in total. The standard InChI is InChI=1S/C18H21N3O/c1-11-5-7-16-9-15(6-8-17(16)20-11)10-19-12(2)18-13(3)21-22-14(18)4/h5-9,12,19H,10H2,1-4H3/t12-/m0/s1. The fraction of sp³-hybridized carbons (Fsp3) is 0.333. The molecule has 0 aliphatic carbocycles. The zero-order chi connectivity index (χ0) is 15.7. The fourth-order valence-corrected chi connectivity index (χ4v) is 2.87. The minimum atomic E-state index is 0.207. The summed E-state index contributed by atoms with van der Waals surface area (Å²) in [4.78, 5) is 4.53.